The van der Waals surface area contributed by atoms with Gasteiger partial charge in [0.15, 0.2) is 18.6 Å². The first kappa shape index (κ1) is 20.8. The van der Waals surface area contributed by atoms with Crippen LogP contribution in [-0.4, -0.2) is 24.4 Å². The van der Waals surface area contributed by atoms with E-state index in [0.717, 1.165) is 0 Å². The average Bonchev–Trinajstić information content (AvgIpc) is 2.50. The Morgan fingerprint density at radius 2 is 2.04 bits per heavy atom. The highest BCUT2D eigenvalue weighted by molar-refractivity contribution is 5.92. The number of pyridine rings is 2. The van der Waals surface area contributed by atoms with Crippen LogP contribution in [0.5, 0.6) is 0 Å². The van der Waals surface area contributed by atoms with Crippen molar-refractivity contribution in [2.75, 3.05) is 7.11 Å². The molecule has 1 atom stereocenters. The molecule has 3 N–H and O–H groups in total. The Morgan fingerprint density at radius 1 is 1.30 bits per heavy atom. The van der Waals surface area contributed by atoms with Crippen molar-refractivity contribution in [2.24, 2.45) is 10.9 Å². The fourth-order valence-electron chi connectivity index (χ4n) is 1.99. The number of methoxy groups -OCH3 is 1. The normalized spacial score (nSPS) is 11.3. The molecule has 0 radical (unpaired) electrons. The van der Waals surface area contributed by atoms with E-state index in [1.807, 2.05) is 12.1 Å². The van der Waals surface area contributed by atoms with Crippen LogP contribution in [0, 0.1) is 0 Å². The summed E-state index contributed by atoms with van der Waals surface area (Å²) in [6.07, 6.45) is 5.86. The molecule has 0 aliphatic rings. The molecule has 0 bridgehead atoms. The fourth-order valence-corrected chi connectivity index (χ4v) is 1.99. The van der Waals surface area contributed by atoms with E-state index in [-0.39, 0.29) is 24.8 Å². The summed E-state index contributed by atoms with van der Waals surface area (Å²) >= 11 is 0. The number of nitrogens with two attached hydrogens (primary N) is 1. The van der Waals surface area contributed by atoms with E-state index in [0.29, 0.717) is 11.3 Å². The molecule has 1 unspecified atom stereocenters. The zero-order valence-electron chi connectivity index (χ0n) is 12.2. The predicted molar refractivity (Wildman–Crippen MR) is 72.6 cm³/mol. The van der Waals surface area contributed by atoms with Crippen molar-refractivity contribution in [1.29, 1.82) is 0 Å². The third kappa shape index (κ3) is 4.88. The summed E-state index contributed by atoms with van der Waals surface area (Å²) in [5.41, 5.74) is 6.28. The van der Waals surface area contributed by atoms with Gasteiger partial charge in [0.2, 0.25) is 5.69 Å². The first-order chi connectivity index (χ1) is 10.2. The molecule has 9 heteroatoms. The van der Waals surface area contributed by atoms with Crippen molar-refractivity contribution in [3.8, 4) is 0 Å². The summed E-state index contributed by atoms with van der Waals surface area (Å²) < 4.78 is 8.90. The molecule has 1 amide bonds. The number of hydrogen-bond acceptors (Lipinski definition) is 4. The maximum atomic E-state index is 11.3. The smallest absolute Gasteiger partial charge is 0.474 e. The number of halogens is 2. The van der Waals surface area contributed by atoms with Crippen LogP contribution in [0.15, 0.2) is 54.1 Å². The molecule has 2 aromatic rings. The minimum Gasteiger partial charge on any atom is -1.00 e. The number of primary amides is 1. The molecule has 2 aromatic heterocycles. The summed E-state index contributed by atoms with van der Waals surface area (Å²) in [6, 6.07) is 8.72. The first-order valence-electron chi connectivity index (χ1n) is 6.18. The number of nitrogens with zero attached hydrogens (tertiary/aromatic N) is 3. The predicted octanol–water partition coefficient (Wildman–Crippen LogP) is -6.17. The first-order valence-corrected chi connectivity index (χ1v) is 6.18. The summed E-state index contributed by atoms with van der Waals surface area (Å²) in [7, 11) is 1.54. The lowest BCUT2D eigenvalue weighted by Crippen LogP contribution is -3.00. The summed E-state index contributed by atoms with van der Waals surface area (Å²) in [6.45, 7) is 0. The van der Waals surface area contributed by atoms with Crippen molar-refractivity contribution in [3.63, 3.8) is 0 Å². The summed E-state index contributed by atoms with van der Waals surface area (Å²) in [5.74, 6) is -0.519. The third-order valence-corrected chi connectivity index (χ3v) is 2.92. The molecular weight excluding hydrogens is 343 g/mol. The second-order valence-electron chi connectivity index (χ2n) is 4.24. The van der Waals surface area contributed by atoms with Crippen molar-refractivity contribution >= 4 is 12.1 Å². The molecule has 0 aliphatic carbocycles. The molecule has 7 nitrogen and oxygen atoms in total. The lowest BCUT2D eigenvalue weighted by Gasteiger charge is -2.07. The number of carbonyl (C=O) groups is 1. The van der Waals surface area contributed by atoms with Crippen LogP contribution in [0.3, 0.4) is 0 Å². The SMILES string of the molecule is COC([n+]1cccc(C(N)=O)c1)[n+]1ccccc1/C=N\O.[Cl-].[Cl-]. The Kier molecular flexibility index (Phi) is 8.79. The molecule has 0 saturated heterocycles. The number of ether oxygens (including phenoxy) is 1. The van der Waals surface area contributed by atoms with Crippen LogP contribution in [0.4, 0.5) is 0 Å². The second kappa shape index (κ2) is 9.73. The second-order valence-corrected chi connectivity index (χ2v) is 4.24. The number of carbonyl (C=O) groups excluding carboxylic acids is 1. The van der Waals surface area contributed by atoms with E-state index in [9.17, 15) is 4.79 Å². The number of oxime groups is 1. The van der Waals surface area contributed by atoms with Gasteiger partial charge in [0.1, 0.15) is 11.8 Å². The standard InChI is InChI=1S/C14H14N4O3.2ClH/c1-21-14(17-7-4-5-11(10-17)13(15)19)18-8-3-2-6-12(18)9-16-20;;/h2-10,14H,1H3,(H-,15,19);2*1H. The van der Waals surface area contributed by atoms with Crippen LogP contribution < -0.4 is 39.7 Å². The highest BCUT2D eigenvalue weighted by Gasteiger charge is 2.30. The van der Waals surface area contributed by atoms with Gasteiger partial charge in [0, 0.05) is 25.3 Å². The molecule has 2 heterocycles. The molecule has 0 fully saturated rings. The van der Waals surface area contributed by atoms with Crippen molar-refractivity contribution < 1.29 is 48.7 Å². The number of aromatic nitrogens is 2. The van der Waals surface area contributed by atoms with E-state index < -0.39 is 12.3 Å². The monoisotopic (exact) mass is 358 g/mol. The summed E-state index contributed by atoms with van der Waals surface area (Å²) in [5, 5.41) is 11.8. The van der Waals surface area contributed by atoms with Gasteiger partial charge >= 0.3 is 6.35 Å². The van der Waals surface area contributed by atoms with Gasteiger partial charge in [0.05, 0.1) is 0 Å². The maximum Gasteiger partial charge on any atom is 0.474 e. The van der Waals surface area contributed by atoms with Gasteiger partial charge in [-0.2, -0.15) is 0 Å². The quantitative estimate of drug-likeness (QED) is 0.241. The molecule has 0 aliphatic heterocycles. The fraction of sp³-hybridized carbons (Fsp3) is 0.143. The minimum atomic E-state index is -0.557. The van der Waals surface area contributed by atoms with Crippen LogP contribution in [0.2, 0.25) is 0 Å². The minimum absolute atomic E-state index is 0. The Hall–Kier alpha value is -2.22. The van der Waals surface area contributed by atoms with Crippen LogP contribution in [0.25, 0.3) is 0 Å². The molecule has 124 valence electrons. The zero-order chi connectivity index (χ0) is 15.2. The van der Waals surface area contributed by atoms with Gasteiger partial charge in [-0.05, 0) is 12.1 Å². The van der Waals surface area contributed by atoms with Gasteiger partial charge in [0.25, 0.3) is 5.91 Å². The highest BCUT2D eigenvalue weighted by Crippen LogP contribution is 1.99. The van der Waals surface area contributed by atoms with Crippen molar-refractivity contribution in [2.45, 2.75) is 6.35 Å². The van der Waals surface area contributed by atoms with Gasteiger partial charge in [-0.1, -0.05) is 5.16 Å². The van der Waals surface area contributed by atoms with E-state index in [1.54, 1.807) is 45.9 Å². The molecule has 23 heavy (non-hydrogen) atoms. The van der Waals surface area contributed by atoms with E-state index in [2.05, 4.69) is 5.16 Å². The van der Waals surface area contributed by atoms with E-state index >= 15 is 0 Å². The highest BCUT2D eigenvalue weighted by atomic mass is 35.5. The van der Waals surface area contributed by atoms with Gasteiger partial charge in [-0.25, -0.2) is 0 Å². The molecular formula is C14H16Cl2N4O3. The summed E-state index contributed by atoms with van der Waals surface area (Å²) in [4.78, 5) is 11.3. The zero-order valence-corrected chi connectivity index (χ0v) is 13.7. The van der Waals surface area contributed by atoms with E-state index in [1.165, 1.54) is 13.3 Å². The Bertz CT molecular complexity index is 683. The van der Waals surface area contributed by atoms with Crippen LogP contribution >= 0.6 is 0 Å². The number of rotatable bonds is 5. The largest absolute Gasteiger partial charge is 1.00 e. The average molecular weight is 359 g/mol. The van der Waals surface area contributed by atoms with Crippen LogP contribution in [0.1, 0.15) is 22.4 Å². The number of amides is 1. The lowest BCUT2D eigenvalue weighted by atomic mass is 10.3. The van der Waals surface area contributed by atoms with Crippen molar-refractivity contribution in [1.82, 2.24) is 0 Å². The molecule has 2 rings (SSSR count). The molecule has 0 aromatic carbocycles. The van der Waals surface area contributed by atoms with Gasteiger partial charge in [-0.3, -0.25) is 9.53 Å². The van der Waals surface area contributed by atoms with Crippen LogP contribution in [-0.2, 0) is 4.74 Å². The van der Waals surface area contributed by atoms with Gasteiger partial charge < -0.3 is 35.8 Å². The van der Waals surface area contributed by atoms with Gasteiger partial charge in [-0.15, -0.1) is 9.13 Å². The number of hydrogen-bond donors (Lipinski definition) is 2. The topological polar surface area (TPSA) is 92.7 Å². The Balaban J connectivity index is 0.00000242. The maximum absolute atomic E-state index is 11.3. The van der Waals surface area contributed by atoms with E-state index in [4.69, 9.17) is 15.7 Å². The third-order valence-electron chi connectivity index (χ3n) is 2.92. The Labute approximate surface area is 145 Å². The lowest BCUT2D eigenvalue weighted by molar-refractivity contribution is -0.983. The van der Waals surface area contributed by atoms with Crippen molar-refractivity contribution in [3.05, 3.63) is 60.2 Å². The Morgan fingerprint density at radius 3 is 2.65 bits per heavy atom. The molecule has 0 saturated carbocycles. The molecule has 0 spiro atoms.